The zero-order chi connectivity index (χ0) is 24.2. The van der Waals surface area contributed by atoms with Crippen molar-refractivity contribution in [1.82, 2.24) is 10.3 Å². The Bertz CT molecular complexity index is 962. The molecule has 1 amide bonds. The van der Waals surface area contributed by atoms with Crippen LogP contribution in [0.5, 0.6) is 11.6 Å². The lowest BCUT2D eigenvalue weighted by molar-refractivity contribution is -0.138. The van der Waals surface area contributed by atoms with Crippen LogP contribution in [0.1, 0.15) is 39.2 Å². The van der Waals surface area contributed by atoms with Crippen molar-refractivity contribution < 1.29 is 27.4 Å². The number of pyridine rings is 1. The van der Waals surface area contributed by atoms with E-state index in [4.69, 9.17) is 15.2 Å². The predicted molar refractivity (Wildman–Crippen MR) is 119 cm³/mol. The van der Waals surface area contributed by atoms with Gasteiger partial charge >= 0.3 is 12.3 Å². The molecule has 3 N–H and O–H groups in total. The van der Waals surface area contributed by atoms with Gasteiger partial charge in [0.1, 0.15) is 16.9 Å². The number of ether oxygens (including phenoxy) is 2. The summed E-state index contributed by atoms with van der Waals surface area (Å²) in [6, 6.07) is 7.37. The second-order valence-corrected chi connectivity index (χ2v) is 8.98. The summed E-state index contributed by atoms with van der Waals surface area (Å²) < 4.78 is 53.3. The Balaban J connectivity index is 1.83. The molecule has 1 saturated heterocycles. The number of piperidine rings is 1. The van der Waals surface area contributed by atoms with Crippen molar-refractivity contribution in [2.24, 2.45) is 5.92 Å². The Hall–Kier alpha value is -3.17. The number of hydrogen-bond donors (Lipinski definition) is 2. The van der Waals surface area contributed by atoms with Crippen LogP contribution in [0.25, 0.3) is 0 Å². The van der Waals surface area contributed by atoms with Crippen molar-refractivity contribution in [3.05, 3.63) is 42.1 Å². The summed E-state index contributed by atoms with van der Waals surface area (Å²) >= 11 is 0. The summed E-state index contributed by atoms with van der Waals surface area (Å²) in [5.41, 5.74) is 4.37. The van der Waals surface area contributed by atoms with Crippen molar-refractivity contribution in [3.8, 4) is 11.6 Å². The molecule has 0 saturated carbocycles. The smallest absolute Gasteiger partial charge is 0.422 e. The summed E-state index contributed by atoms with van der Waals surface area (Å²) in [7, 11) is 0. The largest absolute Gasteiger partial charge is 0.444 e. The highest BCUT2D eigenvalue weighted by Gasteiger charge is 2.41. The average Bonchev–Trinajstić information content (AvgIpc) is 2.72. The molecule has 33 heavy (non-hydrogen) atoms. The number of alkyl carbamates (subject to hydrolysis) is 1. The van der Waals surface area contributed by atoms with Gasteiger partial charge in [0.05, 0.1) is 11.4 Å². The van der Waals surface area contributed by atoms with E-state index in [9.17, 15) is 18.0 Å². The molecule has 0 spiro atoms. The number of hydrogen-bond acceptors (Lipinski definition) is 6. The molecule has 10 heteroatoms. The van der Waals surface area contributed by atoms with Crippen LogP contribution >= 0.6 is 0 Å². The van der Waals surface area contributed by atoms with Crippen molar-refractivity contribution in [3.63, 3.8) is 0 Å². The zero-order valence-corrected chi connectivity index (χ0v) is 18.9. The van der Waals surface area contributed by atoms with Crippen LogP contribution in [-0.2, 0) is 10.9 Å². The average molecular weight is 467 g/mol. The summed E-state index contributed by atoms with van der Waals surface area (Å²) in [5.74, 6) is -0.372. The van der Waals surface area contributed by atoms with Crippen molar-refractivity contribution in [1.29, 1.82) is 0 Å². The quantitative estimate of drug-likeness (QED) is 0.588. The van der Waals surface area contributed by atoms with Gasteiger partial charge in [-0.15, -0.1) is 0 Å². The van der Waals surface area contributed by atoms with Crippen LogP contribution in [0.3, 0.4) is 0 Å². The molecule has 0 radical (unpaired) electrons. The molecule has 3 rings (SSSR count). The maximum Gasteiger partial charge on any atom is 0.422 e. The summed E-state index contributed by atoms with van der Waals surface area (Å²) in [4.78, 5) is 17.5. The van der Waals surface area contributed by atoms with E-state index < -0.39 is 23.4 Å². The number of nitrogen functional groups attached to an aromatic ring is 1. The number of aromatic nitrogens is 1. The lowest BCUT2D eigenvalue weighted by atomic mass is 9.96. The van der Waals surface area contributed by atoms with Crippen molar-refractivity contribution in [2.45, 2.75) is 45.4 Å². The molecule has 0 unspecified atom stereocenters. The van der Waals surface area contributed by atoms with Crippen LogP contribution in [-0.4, -0.2) is 36.3 Å². The first-order valence-electron chi connectivity index (χ1n) is 10.7. The van der Waals surface area contributed by atoms with E-state index in [0.29, 0.717) is 19.5 Å². The minimum atomic E-state index is -4.70. The standard InChI is InChI=1S/C23H29F3N4O3/c1-22(2,3)33-21(31)29-13-15-7-6-12-30(14-15)20-16(27)9-10-17(19(20)23(24,25)26)32-18-8-4-5-11-28-18/h4-5,8-11,15H,6-7,12-14,27H2,1-3H3,(H,29,31)/t15-/m0/s1. The molecule has 1 aromatic heterocycles. The number of nitrogens with zero attached hydrogens (tertiary/aromatic N) is 2. The van der Waals surface area contributed by atoms with E-state index in [1.165, 1.54) is 24.4 Å². The highest BCUT2D eigenvalue weighted by molar-refractivity contribution is 5.76. The molecule has 0 bridgehead atoms. The summed E-state index contributed by atoms with van der Waals surface area (Å²) in [6.07, 6.45) is -2.40. The Kier molecular flexibility index (Phi) is 7.24. The summed E-state index contributed by atoms with van der Waals surface area (Å²) in [6.45, 7) is 6.28. The number of amides is 1. The molecular formula is C23H29F3N4O3. The van der Waals surface area contributed by atoms with Gasteiger partial charge in [-0.1, -0.05) is 6.07 Å². The monoisotopic (exact) mass is 466 g/mol. The van der Waals surface area contributed by atoms with Gasteiger partial charge < -0.3 is 25.4 Å². The first-order valence-corrected chi connectivity index (χ1v) is 10.7. The van der Waals surface area contributed by atoms with Gasteiger partial charge in [0.15, 0.2) is 0 Å². The number of alkyl halides is 3. The summed E-state index contributed by atoms with van der Waals surface area (Å²) in [5, 5.41) is 2.71. The van der Waals surface area contributed by atoms with E-state index in [1.807, 2.05) is 0 Å². The van der Waals surface area contributed by atoms with Gasteiger partial charge in [0.2, 0.25) is 5.88 Å². The third kappa shape index (κ3) is 6.66. The minimum Gasteiger partial charge on any atom is -0.444 e. The van der Waals surface area contributed by atoms with E-state index in [1.54, 1.807) is 37.8 Å². The number of carbonyl (C=O) groups excluding carboxylic acids is 1. The van der Waals surface area contributed by atoms with Gasteiger partial charge in [0, 0.05) is 31.9 Å². The lowest BCUT2D eigenvalue weighted by Crippen LogP contribution is -2.43. The van der Waals surface area contributed by atoms with Crippen LogP contribution in [0.4, 0.5) is 29.3 Å². The Labute approximate surface area is 191 Å². The van der Waals surface area contributed by atoms with E-state index in [-0.39, 0.29) is 35.5 Å². The number of anilines is 2. The number of benzene rings is 1. The molecule has 180 valence electrons. The van der Waals surface area contributed by atoms with Gasteiger partial charge in [-0.3, -0.25) is 0 Å². The predicted octanol–water partition coefficient (Wildman–Crippen LogP) is 5.22. The van der Waals surface area contributed by atoms with Gasteiger partial charge in [-0.05, 0) is 57.7 Å². The third-order valence-corrected chi connectivity index (χ3v) is 5.08. The molecule has 1 fully saturated rings. The molecule has 2 aromatic rings. The maximum absolute atomic E-state index is 14.2. The molecule has 7 nitrogen and oxygen atoms in total. The van der Waals surface area contributed by atoms with Gasteiger partial charge in [-0.2, -0.15) is 13.2 Å². The molecule has 0 aliphatic carbocycles. The highest BCUT2D eigenvalue weighted by atomic mass is 19.4. The van der Waals surface area contributed by atoms with Crippen LogP contribution < -0.4 is 20.7 Å². The fourth-order valence-corrected chi connectivity index (χ4v) is 3.79. The number of carbonyl (C=O) groups is 1. The first-order chi connectivity index (χ1) is 15.4. The van der Waals surface area contributed by atoms with Crippen molar-refractivity contribution in [2.75, 3.05) is 30.3 Å². The Morgan fingerprint density at radius 3 is 2.64 bits per heavy atom. The van der Waals surface area contributed by atoms with Crippen molar-refractivity contribution >= 4 is 17.5 Å². The van der Waals surface area contributed by atoms with Gasteiger partial charge in [-0.25, -0.2) is 9.78 Å². The molecule has 1 atom stereocenters. The fraction of sp³-hybridized carbons (Fsp3) is 0.478. The molecule has 1 aliphatic rings. The number of halogens is 3. The lowest BCUT2D eigenvalue weighted by Gasteiger charge is -2.37. The SMILES string of the molecule is CC(C)(C)OC(=O)NC[C@@H]1CCCN(c2c(N)ccc(Oc3ccccn3)c2C(F)(F)F)C1. The van der Waals surface area contributed by atoms with Crippen LogP contribution in [0.15, 0.2) is 36.5 Å². The van der Waals surface area contributed by atoms with E-state index >= 15 is 0 Å². The molecular weight excluding hydrogens is 437 g/mol. The van der Waals surface area contributed by atoms with Gasteiger partial charge in [0.25, 0.3) is 0 Å². The molecule has 1 aromatic carbocycles. The Morgan fingerprint density at radius 1 is 1.24 bits per heavy atom. The normalized spacial score (nSPS) is 16.9. The zero-order valence-electron chi connectivity index (χ0n) is 18.9. The van der Waals surface area contributed by atoms with E-state index in [2.05, 4.69) is 10.3 Å². The maximum atomic E-state index is 14.2. The second-order valence-electron chi connectivity index (χ2n) is 8.98. The topological polar surface area (TPSA) is 89.7 Å². The molecule has 2 heterocycles. The minimum absolute atomic E-state index is 0.0106. The second kappa shape index (κ2) is 9.76. The van der Waals surface area contributed by atoms with E-state index in [0.717, 1.165) is 6.42 Å². The number of nitrogens with two attached hydrogens (primary N) is 1. The first kappa shape index (κ1) is 24.5. The highest BCUT2D eigenvalue weighted by Crippen LogP contribution is 2.47. The molecule has 1 aliphatic heterocycles. The Morgan fingerprint density at radius 2 is 2.00 bits per heavy atom. The number of rotatable bonds is 5. The third-order valence-electron chi connectivity index (χ3n) is 5.08. The van der Waals surface area contributed by atoms with Crippen LogP contribution in [0, 0.1) is 5.92 Å². The van der Waals surface area contributed by atoms with Crippen LogP contribution in [0.2, 0.25) is 0 Å². The number of nitrogens with one attached hydrogen (secondary N) is 1. The fourth-order valence-electron chi connectivity index (χ4n) is 3.79.